The van der Waals surface area contributed by atoms with Crippen molar-refractivity contribution in [3.63, 3.8) is 0 Å². The highest BCUT2D eigenvalue weighted by Crippen LogP contribution is 2.27. The van der Waals surface area contributed by atoms with Crippen LogP contribution in [0.4, 0.5) is 17.3 Å². The van der Waals surface area contributed by atoms with Crippen LogP contribution in [0.1, 0.15) is 0 Å². The first-order valence-electron chi connectivity index (χ1n) is 6.39. The normalized spacial score (nSPS) is 15.3. The van der Waals surface area contributed by atoms with E-state index >= 15 is 0 Å². The van der Waals surface area contributed by atoms with Crippen LogP contribution in [0, 0.1) is 0 Å². The maximum atomic E-state index is 5.39. The lowest BCUT2D eigenvalue weighted by molar-refractivity contribution is 0.123. The van der Waals surface area contributed by atoms with Crippen LogP contribution in [-0.4, -0.2) is 36.3 Å². The van der Waals surface area contributed by atoms with Gasteiger partial charge in [-0.2, -0.15) is 0 Å². The number of hydrogen-bond donors (Lipinski definition) is 1. The third-order valence-electron chi connectivity index (χ3n) is 3.07. The first-order chi connectivity index (χ1) is 9.43. The van der Waals surface area contributed by atoms with Crippen molar-refractivity contribution in [2.24, 2.45) is 0 Å². The van der Waals surface area contributed by atoms with Gasteiger partial charge in [-0.3, -0.25) is 0 Å². The second kappa shape index (κ2) is 5.67. The van der Waals surface area contributed by atoms with Gasteiger partial charge in [0.25, 0.3) is 0 Å². The van der Waals surface area contributed by atoms with Crippen molar-refractivity contribution in [2.45, 2.75) is 0 Å². The van der Waals surface area contributed by atoms with E-state index in [1.54, 1.807) is 18.5 Å². The van der Waals surface area contributed by atoms with E-state index < -0.39 is 0 Å². The van der Waals surface area contributed by atoms with Gasteiger partial charge in [-0.05, 0) is 18.2 Å². The number of anilines is 3. The molecule has 3 rings (SSSR count). The predicted molar refractivity (Wildman–Crippen MR) is 74.8 cm³/mol. The van der Waals surface area contributed by atoms with E-state index in [2.05, 4.69) is 26.3 Å². The third kappa shape index (κ3) is 2.82. The van der Waals surface area contributed by atoms with Gasteiger partial charge in [0.05, 0.1) is 24.6 Å². The van der Waals surface area contributed by atoms with Crippen molar-refractivity contribution in [1.82, 2.24) is 9.97 Å². The van der Waals surface area contributed by atoms with Crippen LogP contribution in [-0.2, 0) is 4.74 Å². The summed E-state index contributed by atoms with van der Waals surface area (Å²) in [5.41, 5.74) is 2.19. The summed E-state index contributed by atoms with van der Waals surface area (Å²) < 4.78 is 5.39. The molecule has 1 fully saturated rings. The summed E-state index contributed by atoms with van der Waals surface area (Å²) in [6.07, 6.45) is 3.46. The van der Waals surface area contributed by atoms with Crippen molar-refractivity contribution in [2.75, 3.05) is 36.5 Å². The quantitative estimate of drug-likeness (QED) is 0.911. The average molecular weight is 256 g/mol. The number of rotatable bonds is 3. The molecule has 1 saturated heterocycles. The zero-order chi connectivity index (χ0) is 12.9. The number of para-hydroxylation sites is 2. The smallest absolute Gasteiger partial charge is 0.227 e. The molecule has 5 nitrogen and oxygen atoms in total. The Kier molecular flexibility index (Phi) is 3.56. The molecule has 5 heteroatoms. The topological polar surface area (TPSA) is 50.3 Å². The largest absolute Gasteiger partial charge is 0.378 e. The Bertz CT molecular complexity index is 526. The number of morpholine rings is 1. The molecule has 0 bridgehead atoms. The summed E-state index contributed by atoms with van der Waals surface area (Å²) in [6.45, 7) is 3.37. The molecule has 0 atom stereocenters. The second-order valence-corrected chi connectivity index (χ2v) is 4.31. The molecule has 1 aliphatic heterocycles. The van der Waals surface area contributed by atoms with E-state index in [0.717, 1.165) is 32.0 Å². The molecule has 19 heavy (non-hydrogen) atoms. The van der Waals surface area contributed by atoms with Crippen LogP contribution in [0.25, 0.3) is 0 Å². The van der Waals surface area contributed by atoms with Gasteiger partial charge in [0.2, 0.25) is 5.95 Å². The lowest BCUT2D eigenvalue weighted by atomic mass is 10.2. The Labute approximate surface area is 112 Å². The average Bonchev–Trinajstić information content (AvgIpc) is 2.50. The van der Waals surface area contributed by atoms with Crippen LogP contribution in [0.5, 0.6) is 0 Å². The van der Waals surface area contributed by atoms with Crippen LogP contribution in [0.15, 0.2) is 42.7 Å². The zero-order valence-electron chi connectivity index (χ0n) is 10.6. The monoisotopic (exact) mass is 256 g/mol. The second-order valence-electron chi connectivity index (χ2n) is 4.31. The summed E-state index contributed by atoms with van der Waals surface area (Å²) in [5.74, 6) is 0.614. The fraction of sp³-hybridized carbons (Fsp3) is 0.286. The first kappa shape index (κ1) is 11.9. The Morgan fingerprint density at radius 3 is 2.53 bits per heavy atom. The highest BCUT2D eigenvalue weighted by atomic mass is 16.5. The summed E-state index contributed by atoms with van der Waals surface area (Å²) in [5, 5.41) is 3.27. The van der Waals surface area contributed by atoms with E-state index in [-0.39, 0.29) is 0 Å². The number of nitrogens with zero attached hydrogens (tertiary/aromatic N) is 3. The fourth-order valence-electron chi connectivity index (χ4n) is 2.14. The van der Waals surface area contributed by atoms with Gasteiger partial charge in [-0.1, -0.05) is 12.1 Å². The fourth-order valence-corrected chi connectivity index (χ4v) is 2.14. The van der Waals surface area contributed by atoms with Gasteiger partial charge >= 0.3 is 0 Å². The SMILES string of the molecule is c1cnc(Nc2ccccc2N2CCOCC2)nc1. The van der Waals surface area contributed by atoms with Crippen molar-refractivity contribution in [3.8, 4) is 0 Å². The highest BCUT2D eigenvalue weighted by molar-refractivity contribution is 5.73. The number of nitrogens with one attached hydrogen (secondary N) is 1. The van der Waals surface area contributed by atoms with Crippen molar-refractivity contribution < 1.29 is 4.74 Å². The highest BCUT2D eigenvalue weighted by Gasteiger charge is 2.14. The molecule has 1 N–H and O–H groups in total. The zero-order valence-corrected chi connectivity index (χ0v) is 10.6. The molecule has 98 valence electrons. The lowest BCUT2D eigenvalue weighted by Gasteiger charge is -2.30. The molecule has 0 spiro atoms. The van der Waals surface area contributed by atoms with Crippen LogP contribution < -0.4 is 10.2 Å². The van der Waals surface area contributed by atoms with E-state index in [1.165, 1.54) is 5.69 Å². The lowest BCUT2D eigenvalue weighted by Crippen LogP contribution is -2.36. The summed E-state index contributed by atoms with van der Waals surface area (Å²) in [6, 6.07) is 10.0. The van der Waals surface area contributed by atoms with Crippen molar-refractivity contribution in [1.29, 1.82) is 0 Å². The first-order valence-corrected chi connectivity index (χ1v) is 6.39. The standard InChI is InChI=1S/C14H16N4O/c1-2-5-13(18-8-10-19-11-9-18)12(4-1)17-14-15-6-3-7-16-14/h1-7H,8-11H2,(H,15,16,17). The van der Waals surface area contributed by atoms with Crippen molar-refractivity contribution >= 4 is 17.3 Å². The Hall–Kier alpha value is -2.14. The van der Waals surface area contributed by atoms with Gasteiger partial charge < -0.3 is 15.0 Å². The van der Waals surface area contributed by atoms with E-state index in [1.807, 2.05) is 18.2 Å². The van der Waals surface area contributed by atoms with Gasteiger partial charge in [-0.15, -0.1) is 0 Å². The molecule has 2 aromatic rings. The van der Waals surface area contributed by atoms with Gasteiger partial charge in [-0.25, -0.2) is 9.97 Å². The summed E-state index contributed by atoms with van der Waals surface area (Å²) in [4.78, 5) is 10.7. The minimum atomic E-state index is 0.614. The molecule has 0 amide bonds. The summed E-state index contributed by atoms with van der Waals surface area (Å²) >= 11 is 0. The predicted octanol–water partition coefficient (Wildman–Crippen LogP) is 2.06. The Morgan fingerprint density at radius 1 is 1.00 bits per heavy atom. The molecule has 1 aliphatic rings. The third-order valence-corrected chi connectivity index (χ3v) is 3.07. The molecular weight excluding hydrogens is 240 g/mol. The maximum Gasteiger partial charge on any atom is 0.227 e. The molecule has 0 unspecified atom stereocenters. The molecular formula is C14H16N4O. The van der Waals surface area contributed by atoms with Gasteiger partial charge in [0.15, 0.2) is 0 Å². The van der Waals surface area contributed by atoms with E-state index in [0.29, 0.717) is 5.95 Å². The molecule has 0 saturated carbocycles. The van der Waals surface area contributed by atoms with E-state index in [4.69, 9.17) is 4.74 Å². The number of hydrogen-bond acceptors (Lipinski definition) is 5. The number of aromatic nitrogens is 2. The maximum absolute atomic E-state index is 5.39. The molecule has 0 radical (unpaired) electrons. The molecule has 1 aromatic carbocycles. The minimum absolute atomic E-state index is 0.614. The molecule has 2 heterocycles. The van der Waals surface area contributed by atoms with Crippen LogP contribution in [0.2, 0.25) is 0 Å². The minimum Gasteiger partial charge on any atom is -0.378 e. The Balaban J connectivity index is 1.84. The molecule has 1 aromatic heterocycles. The van der Waals surface area contributed by atoms with Crippen LogP contribution in [0.3, 0.4) is 0 Å². The molecule has 0 aliphatic carbocycles. The number of benzene rings is 1. The van der Waals surface area contributed by atoms with Crippen molar-refractivity contribution in [3.05, 3.63) is 42.7 Å². The van der Waals surface area contributed by atoms with E-state index in [9.17, 15) is 0 Å². The van der Waals surface area contributed by atoms with Gasteiger partial charge in [0.1, 0.15) is 0 Å². The van der Waals surface area contributed by atoms with Gasteiger partial charge in [0, 0.05) is 25.5 Å². The Morgan fingerprint density at radius 2 is 1.74 bits per heavy atom. The van der Waals surface area contributed by atoms with Crippen LogP contribution >= 0.6 is 0 Å². The summed E-state index contributed by atoms with van der Waals surface area (Å²) in [7, 11) is 0. The number of ether oxygens (including phenoxy) is 1.